The number of methoxy groups -OCH3 is 1. The lowest BCUT2D eigenvalue weighted by molar-refractivity contribution is -1.02. The van der Waals surface area contributed by atoms with Crippen LogP contribution in [-0.2, 0) is 27.3 Å². The van der Waals surface area contributed by atoms with E-state index in [1.165, 1.54) is 23.1 Å². The van der Waals surface area contributed by atoms with E-state index in [9.17, 15) is 9.59 Å². The van der Waals surface area contributed by atoms with Crippen molar-refractivity contribution in [2.75, 3.05) is 53.0 Å². The smallest absolute Gasteiger partial charge is 0.305 e. The summed E-state index contributed by atoms with van der Waals surface area (Å²) in [6.45, 7) is 7.08. The van der Waals surface area contributed by atoms with Crippen LogP contribution in [0.1, 0.15) is 24.0 Å². The minimum atomic E-state index is -0.232. The molecule has 0 spiro atoms. The second kappa shape index (κ2) is 9.71. The molecule has 1 fully saturated rings. The number of fused-ring (bicyclic) bond motifs is 1. The summed E-state index contributed by atoms with van der Waals surface area (Å²) in [5, 5.41) is 2.90. The van der Waals surface area contributed by atoms with Gasteiger partial charge in [0.05, 0.1) is 13.7 Å². The third kappa shape index (κ3) is 5.94. The maximum atomic E-state index is 12.0. The van der Waals surface area contributed by atoms with Crippen molar-refractivity contribution in [1.29, 1.82) is 0 Å². The molecule has 0 aliphatic carbocycles. The standard InChI is InChI=1S/C20H29N3O4/c1-26-20(25)3-2-7-21-19(24)15-23-10-8-22(9-11-23)14-16-4-5-18-17(13-16)6-12-27-18/h4-5,13H,2-3,6-12,14-15H2,1H3,(H,21,24)/p+2. The largest absolute Gasteiger partial charge is 0.493 e. The van der Waals surface area contributed by atoms with Crippen molar-refractivity contribution in [2.45, 2.75) is 25.8 Å². The van der Waals surface area contributed by atoms with Gasteiger partial charge in [-0.05, 0) is 30.2 Å². The fourth-order valence-electron chi connectivity index (χ4n) is 3.80. The van der Waals surface area contributed by atoms with Crippen molar-refractivity contribution in [3.05, 3.63) is 29.3 Å². The number of amides is 1. The SMILES string of the molecule is COC(=O)CCCNC(=O)C[NH+]1CC[NH+](Cc2ccc3c(c2)CCO3)CC1. The van der Waals surface area contributed by atoms with Gasteiger partial charge in [-0.3, -0.25) is 9.59 Å². The van der Waals surface area contributed by atoms with Crippen LogP contribution in [0.5, 0.6) is 5.75 Å². The lowest BCUT2D eigenvalue weighted by atomic mass is 10.1. The molecule has 3 rings (SSSR count). The number of quaternary nitrogens is 2. The lowest BCUT2D eigenvalue weighted by Gasteiger charge is -2.29. The van der Waals surface area contributed by atoms with Gasteiger partial charge < -0.3 is 24.6 Å². The molecule has 0 bridgehead atoms. The fraction of sp³-hybridized carbons (Fsp3) is 0.600. The molecule has 0 aromatic heterocycles. The molecule has 1 aromatic rings. The van der Waals surface area contributed by atoms with Crippen LogP contribution in [0.25, 0.3) is 0 Å². The van der Waals surface area contributed by atoms with E-state index in [1.54, 1.807) is 4.90 Å². The van der Waals surface area contributed by atoms with E-state index < -0.39 is 0 Å². The Balaban J connectivity index is 1.33. The molecule has 0 atom stereocenters. The highest BCUT2D eigenvalue weighted by Gasteiger charge is 2.25. The quantitative estimate of drug-likeness (QED) is 0.361. The van der Waals surface area contributed by atoms with Crippen molar-refractivity contribution in [1.82, 2.24) is 5.32 Å². The van der Waals surface area contributed by atoms with Crippen LogP contribution in [-0.4, -0.2) is 64.9 Å². The lowest BCUT2D eigenvalue weighted by Crippen LogP contribution is -3.28. The monoisotopic (exact) mass is 377 g/mol. The molecule has 0 unspecified atom stereocenters. The first-order valence-corrected chi connectivity index (χ1v) is 9.89. The predicted octanol–water partition coefficient (Wildman–Crippen LogP) is -2.03. The van der Waals surface area contributed by atoms with E-state index in [0.717, 1.165) is 51.5 Å². The van der Waals surface area contributed by atoms with Crippen molar-refractivity contribution in [2.24, 2.45) is 0 Å². The molecule has 1 saturated heterocycles. The van der Waals surface area contributed by atoms with Gasteiger partial charge in [-0.2, -0.15) is 0 Å². The van der Waals surface area contributed by atoms with Crippen LogP contribution in [0.2, 0.25) is 0 Å². The molecule has 2 aliphatic heterocycles. The Labute approximate surface area is 160 Å². The summed E-state index contributed by atoms with van der Waals surface area (Å²) >= 11 is 0. The summed E-state index contributed by atoms with van der Waals surface area (Å²) in [5.41, 5.74) is 2.71. The third-order valence-electron chi connectivity index (χ3n) is 5.39. The number of piperazine rings is 1. The minimum absolute atomic E-state index is 0.0666. The van der Waals surface area contributed by atoms with Gasteiger partial charge >= 0.3 is 5.97 Å². The Morgan fingerprint density at radius 1 is 1.19 bits per heavy atom. The van der Waals surface area contributed by atoms with Crippen molar-refractivity contribution in [3.63, 3.8) is 0 Å². The second-order valence-corrected chi connectivity index (χ2v) is 7.42. The number of benzene rings is 1. The van der Waals surface area contributed by atoms with Crippen LogP contribution in [0, 0.1) is 0 Å². The Bertz CT molecular complexity index is 657. The fourth-order valence-corrected chi connectivity index (χ4v) is 3.80. The molecule has 1 amide bonds. The Morgan fingerprint density at radius 3 is 2.74 bits per heavy atom. The van der Waals surface area contributed by atoms with E-state index in [2.05, 4.69) is 28.3 Å². The van der Waals surface area contributed by atoms with Gasteiger partial charge in [0.15, 0.2) is 6.54 Å². The van der Waals surface area contributed by atoms with Crippen molar-refractivity contribution < 1.29 is 28.9 Å². The average molecular weight is 377 g/mol. The molecule has 2 aliphatic rings. The molecule has 1 aromatic carbocycles. The van der Waals surface area contributed by atoms with Gasteiger partial charge in [0, 0.05) is 24.9 Å². The van der Waals surface area contributed by atoms with Crippen LogP contribution >= 0.6 is 0 Å². The topological polar surface area (TPSA) is 73.5 Å². The molecule has 3 N–H and O–H groups in total. The maximum absolute atomic E-state index is 12.0. The summed E-state index contributed by atoms with van der Waals surface area (Å²) in [6.07, 6.45) is 1.99. The molecular formula is C20H31N3O4+2. The Hall–Kier alpha value is -2.12. The van der Waals surface area contributed by atoms with E-state index >= 15 is 0 Å². The maximum Gasteiger partial charge on any atom is 0.305 e. The second-order valence-electron chi connectivity index (χ2n) is 7.42. The zero-order chi connectivity index (χ0) is 19.1. The molecule has 7 heteroatoms. The molecule has 7 nitrogen and oxygen atoms in total. The molecule has 0 radical (unpaired) electrons. The number of carbonyl (C=O) groups is 2. The number of rotatable bonds is 8. The highest BCUT2D eigenvalue weighted by molar-refractivity contribution is 5.76. The third-order valence-corrected chi connectivity index (χ3v) is 5.39. The summed E-state index contributed by atoms with van der Waals surface area (Å²) in [7, 11) is 1.38. The first-order valence-electron chi connectivity index (χ1n) is 9.89. The molecule has 2 heterocycles. The predicted molar refractivity (Wildman–Crippen MR) is 99.9 cm³/mol. The van der Waals surface area contributed by atoms with E-state index in [1.807, 2.05) is 0 Å². The highest BCUT2D eigenvalue weighted by Crippen LogP contribution is 2.25. The first-order chi connectivity index (χ1) is 13.1. The van der Waals surface area contributed by atoms with Gasteiger partial charge in [-0.1, -0.05) is 0 Å². The van der Waals surface area contributed by atoms with Gasteiger partial charge in [0.1, 0.15) is 38.5 Å². The van der Waals surface area contributed by atoms with Gasteiger partial charge in [0.2, 0.25) is 0 Å². The van der Waals surface area contributed by atoms with Crippen LogP contribution in [0.3, 0.4) is 0 Å². The summed E-state index contributed by atoms with van der Waals surface area (Å²) < 4.78 is 10.2. The van der Waals surface area contributed by atoms with Crippen LogP contribution < -0.4 is 19.9 Å². The zero-order valence-corrected chi connectivity index (χ0v) is 16.1. The van der Waals surface area contributed by atoms with Gasteiger partial charge in [0.25, 0.3) is 5.91 Å². The van der Waals surface area contributed by atoms with Gasteiger partial charge in [-0.25, -0.2) is 0 Å². The van der Waals surface area contributed by atoms with Crippen molar-refractivity contribution in [3.8, 4) is 5.75 Å². The first kappa shape index (κ1) is 19.6. The molecule has 148 valence electrons. The summed E-state index contributed by atoms with van der Waals surface area (Å²) in [5.74, 6) is 0.877. The number of hydrogen-bond acceptors (Lipinski definition) is 4. The van der Waals surface area contributed by atoms with E-state index in [0.29, 0.717) is 25.9 Å². The molecular weight excluding hydrogens is 346 g/mol. The highest BCUT2D eigenvalue weighted by atomic mass is 16.5. The normalized spacial score (nSPS) is 21.2. The van der Waals surface area contributed by atoms with E-state index in [-0.39, 0.29) is 11.9 Å². The summed E-state index contributed by atoms with van der Waals surface area (Å²) in [6, 6.07) is 6.57. The zero-order valence-electron chi connectivity index (χ0n) is 16.1. The minimum Gasteiger partial charge on any atom is -0.493 e. The number of carbonyl (C=O) groups excluding carboxylic acids is 2. The van der Waals surface area contributed by atoms with Crippen molar-refractivity contribution >= 4 is 11.9 Å². The Morgan fingerprint density at radius 2 is 1.96 bits per heavy atom. The number of ether oxygens (including phenoxy) is 2. The number of nitrogens with one attached hydrogen (secondary N) is 3. The number of hydrogen-bond donors (Lipinski definition) is 3. The molecule has 27 heavy (non-hydrogen) atoms. The number of esters is 1. The average Bonchev–Trinajstić information content (AvgIpc) is 3.14. The Kier molecular flexibility index (Phi) is 7.06. The molecule has 0 saturated carbocycles. The van der Waals surface area contributed by atoms with Crippen LogP contribution in [0.15, 0.2) is 18.2 Å². The van der Waals surface area contributed by atoms with Gasteiger partial charge in [-0.15, -0.1) is 0 Å². The summed E-state index contributed by atoms with van der Waals surface area (Å²) in [4.78, 5) is 26.0. The van der Waals surface area contributed by atoms with Crippen LogP contribution in [0.4, 0.5) is 0 Å². The van der Waals surface area contributed by atoms with E-state index in [4.69, 9.17) is 4.74 Å².